The van der Waals surface area contributed by atoms with Crippen LogP contribution in [-0.2, 0) is 9.59 Å². The third-order valence-electron chi connectivity index (χ3n) is 5.28. The summed E-state index contributed by atoms with van der Waals surface area (Å²) in [5.41, 5.74) is 3.52. The normalized spacial score (nSPS) is 11.4. The Morgan fingerprint density at radius 2 is 1.76 bits per heavy atom. The monoisotopic (exact) mass is 588 g/mol. The maximum Gasteiger partial charge on any atom is 0.251 e. The number of aliphatic hydroxyl groups excluding tert-OH is 1. The minimum atomic E-state index is -0.307. The number of allylic oxidation sites excluding steroid dienone is 2. The van der Waals surface area contributed by atoms with Crippen molar-refractivity contribution < 1.29 is 14.7 Å². The van der Waals surface area contributed by atoms with Crippen molar-refractivity contribution in [3.8, 4) is 11.3 Å². The predicted molar refractivity (Wildman–Crippen MR) is 178 cm³/mol. The summed E-state index contributed by atoms with van der Waals surface area (Å²) in [5, 5.41) is 19.8. The van der Waals surface area contributed by atoms with E-state index in [1.165, 1.54) is 11.3 Å². The van der Waals surface area contributed by atoms with Gasteiger partial charge < -0.3 is 21.1 Å². The number of anilines is 1. The van der Waals surface area contributed by atoms with Gasteiger partial charge in [-0.1, -0.05) is 90.0 Å². The van der Waals surface area contributed by atoms with E-state index < -0.39 is 0 Å². The first-order valence-corrected chi connectivity index (χ1v) is 15.7. The molecule has 0 aliphatic carbocycles. The number of nitrogens with one attached hydrogen (secondary N) is 3. The van der Waals surface area contributed by atoms with Gasteiger partial charge in [-0.3, -0.25) is 9.59 Å². The fourth-order valence-electron chi connectivity index (χ4n) is 3.25. The zero-order valence-corrected chi connectivity index (χ0v) is 28.0. The van der Waals surface area contributed by atoms with Gasteiger partial charge in [-0.15, -0.1) is 11.3 Å². The Morgan fingerprint density at radius 1 is 1.10 bits per heavy atom. The number of benzene rings is 1. The van der Waals surface area contributed by atoms with Crippen LogP contribution in [0.15, 0.2) is 53.4 Å². The predicted octanol–water partition coefficient (Wildman–Crippen LogP) is 7.53. The molecule has 0 aliphatic rings. The first-order valence-electron chi connectivity index (χ1n) is 14.8. The van der Waals surface area contributed by atoms with Gasteiger partial charge in [0.2, 0.25) is 5.91 Å². The van der Waals surface area contributed by atoms with E-state index >= 15 is 0 Å². The first-order chi connectivity index (χ1) is 19.6. The van der Waals surface area contributed by atoms with E-state index in [9.17, 15) is 14.7 Å². The summed E-state index contributed by atoms with van der Waals surface area (Å²) in [6.07, 6.45) is 10.4. The lowest BCUT2D eigenvalue weighted by atomic mass is 10.0. The zero-order chi connectivity index (χ0) is 31.6. The van der Waals surface area contributed by atoms with Gasteiger partial charge in [0.25, 0.3) is 5.91 Å². The SMILES string of the molecule is C/C=C(\C=C/CC)C(=O)NCC(=O)Nc1nc(-c2cccc(C)c2)cs1.CC.CCCC(O)CCC(C)C.CNC. The highest BCUT2D eigenvalue weighted by atomic mass is 32.1. The Morgan fingerprint density at radius 3 is 2.29 bits per heavy atom. The Labute approximate surface area is 254 Å². The van der Waals surface area contributed by atoms with Gasteiger partial charge in [0.15, 0.2) is 5.13 Å². The molecule has 1 atom stereocenters. The topological polar surface area (TPSA) is 103 Å². The molecule has 0 fully saturated rings. The second-order valence-electron chi connectivity index (χ2n) is 9.61. The van der Waals surface area contributed by atoms with Crippen molar-refractivity contribution in [3.05, 3.63) is 59.0 Å². The number of aliphatic hydroxyl groups is 1. The van der Waals surface area contributed by atoms with E-state index in [1.54, 1.807) is 19.1 Å². The third-order valence-corrected chi connectivity index (χ3v) is 6.04. The summed E-state index contributed by atoms with van der Waals surface area (Å²) in [5.74, 6) is 0.150. The lowest BCUT2D eigenvalue weighted by Gasteiger charge is -2.09. The average Bonchev–Trinajstić information content (AvgIpc) is 3.42. The van der Waals surface area contributed by atoms with Gasteiger partial charge >= 0.3 is 0 Å². The van der Waals surface area contributed by atoms with Gasteiger partial charge in [0.05, 0.1) is 18.3 Å². The molecule has 0 radical (unpaired) electrons. The van der Waals surface area contributed by atoms with E-state index in [1.807, 2.05) is 77.5 Å². The molecule has 2 amide bonds. The van der Waals surface area contributed by atoms with Crippen LogP contribution in [0.2, 0.25) is 0 Å². The van der Waals surface area contributed by atoms with Crippen LogP contribution >= 0.6 is 11.3 Å². The van der Waals surface area contributed by atoms with Gasteiger partial charge in [-0.05, 0) is 65.6 Å². The van der Waals surface area contributed by atoms with Crippen molar-refractivity contribution in [3.63, 3.8) is 0 Å². The molecule has 2 aromatic rings. The maximum atomic E-state index is 12.0. The molecule has 41 heavy (non-hydrogen) atoms. The van der Waals surface area contributed by atoms with Crippen molar-refractivity contribution in [2.75, 3.05) is 26.0 Å². The standard InChI is InChI=1S/C20H23N3O2S.C9H20O.C2H7N.C2H6/c1-4-6-9-15(5-2)19(25)21-12-18(24)23-20-22-17(13-26-20)16-10-7-8-14(3)11-16;1-4-5-9(10)7-6-8(2)3;1-3-2;1-2/h5-11,13H,4,12H2,1-3H3,(H,21,25)(H,22,23,24);8-10H,4-7H2,1-3H3;3H,1-2H3;1-2H3/b9-6-,15-5+;;;. The smallest absolute Gasteiger partial charge is 0.251 e. The molecular weight excluding hydrogens is 532 g/mol. The van der Waals surface area contributed by atoms with Crippen LogP contribution in [0.5, 0.6) is 0 Å². The van der Waals surface area contributed by atoms with Crippen LogP contribution in [0.3, 0.4) is 0 Å². The molecule has 1 unspecified atom stereocenters. The quantitative estimate of drug-likeness (QED) is 0.152. The first kappa shape index (κ1) is 40.3. The molecule has 0 saturated heterocycles. The van der Waals surface area contributed by atoms with Crippen LogP contribution in [-0.4, -0.2) is 48.6 Å². The number of carbonyl (C=O) groups excluding carboxylic acids is 2. The number of hydrogen-bond donors (Lipinski definition) is 4. The Kier molecular flexibility index (Phi) is 25.7. The molecule has 1 aromatic carbocycles. The van der Waals surface area contributed by atoms with E-state index in [4.69, 9.17) is 0 Å². The molecule has 0 spiro atoms. The molecule has 8 heteroatoms. The second kappa shape index (κ2) is 26.1. The van der Waals surface area contributed by atoms with E-state index in [-0.39, 0.29) is 24.5 Å². The van der Waals surface area contributed by atoms with Crippen molar-refractivity contribution in [1.82, 2.24) is 15.6 Å². The minimum absolute atomic E-state index is 0.0487. The molecular formula is C33H56N4O3S. The lowest BCUT2D eigenvalue weighted by molar-refractivity contribution is -0.121. The largest absolute Gasteiger partial charge is 0.393 e. The highest BCUT2D eigenvalue weighted by Gasteiger charge is 2.11. The molecule has 4 N–H and O–H groups in total. The van der Waals surface area contributed by atoms with E-state index in [2.05, 4.69) is 41.7 Å². The highest BCUT2D eigenvalue weighted by molar-refractivity contribution is 7.14. The van der Waals surface area contributed by atoms with Crippen LogP contribution in [0.25, 0.3) is 11.3 Å². The molecule has 1 aromatic heterocycles. The number of carbonyl (C=O) groups is 2. The van der Waals surface area contributed by atoms with Crippen molar-refractivity contribution in [2.45, 2.75) is 93.6 Å². The molecule has 2 rings (SSSR count). The summed E-state index contributed by atoms with van der Waals surface area (Å²) < 4.78 is 0. The van der Waals surface area contributed by atoms with Crippen molar-refractivity contribution in [2.24, 2.45) is 5.92 Å². The fourth-order valence-corrected chi connectivity index (χ4v) is 3.98. The van der Waals surface area contributed by atoms with Gasteiger partial charge in [0, 0.05) is 16.5 Å². The highest BCUT2D eigenvalue weighted by Crippen LogP contribution is 2.25. The van der Waals surface area contributed by atoms with Gasteiger partial charge in [-0.25, -0.2) is 4.98 Å². The second-order valence-corrected chi connectivity index (χ2v) is 10.5. The maximum absolute atomic E-state index is 12.0. The number of aromatic nitrogens is 1. The Balaban J connectivity index is 0. The number of hydrogen-bond acceptors (Lipinski definition) is 6. The van der Waals surface area contributed by atoms with E-state index in [0.717, 1.165) is 54.8 Å². The lowest BCUT2D eigenvalue weighted by Crippen LogP contribution is -2.33. The molecule has 1 heterocycles. The number of thiazole rings is 1. The number of nitrogens with zero attached hydrogens (tertiary/aromatic N) is 1. The molecule has 7 nitrogen and oxygen atoms in total. The Hall–Kier alpha value is -2.81. The fraction of sp³-hybridized carbons (Fsp3) is 0.545. The number of aryl methyl sites for hydroxylation is 1. The molecule has 0 bridgehead atoms. The summed E-state index contributed by atoms with van der Waals surface area (Å²) >= 11 is 1.36. The summed E-state index contributed by atoms with van der Waals surface area (Å²) in [4.78, 5) is 28.5. The van der Waals surface area contributed by atoms with E-state index in [0.29, 0.717) is 10.7 Å². The Bertz CT molecular complexity index is 1020. The van der Waals surface area contributed by atoms with Crippen LogP contribution in [0.4, 0.5) is 5.13 Å². The van der Waals surface area contributed by atoms with Crippen LogP contribution < -0.4 is 16.0 Å². The van der Waals surface area contributed by atoms with Crippen molar-refractivity contribution in [1.29, 1.82) is 0 Å². The summed E-state index contributed by atoms with van der Waals surface area (Å²) in [6.45, 7) is 16.2. The van der Waals surface area contributed by atoms with Crippen molar-refractivity contribution >= 4 is 28.3 Å². The van der Waals surface area contributed by atoms with Crippen LogP contribution in [0.1, 0.15) is 86.1 Å². The molecule has 232 valence electrons. The van der Waals surface area contributed by atoms with Crippen LogP contribution in [0, 0.1) is 12.8 Å². The van der Waals surface area contributed by atoms with Gasteiger partial charge in [0.1, 0.15) is 0 Å². The number of amides is 2. The van der Waals surface area contributed by atoms with Gasteiger partial charge in [-0.2, -0.15) is 0 Å². The summed E-state index contributed by atoms with van der Waals surface area (Å²) in [7, 11) is 3.75. The third kappa shape index (κ3) is 20.7. The summed E-state index contributed by atoms with van der Waals surface area (Å²) in [6, 6.07) is 8.03. The molecule has 0 aliphatic heterocycles. The number of rotatable bonds is 12. The minimum Gasteiger partial charge on any atom is -0.393 e. The molecule has 0 saturated carbocycles. The zero-order valence-electron chi connectivity index (χ0n) is 27.1. The average molecular weight is 589 g/mol.